The average Bonchev–Trinajstić information content (AvgIpc) is 2.28. The number of hydrogen-bond donors (Lipinski definition) is 2. The van der Waals surface area contributed by atoms with Gasteiger partial charge >= 0.3 is 5.97 Å². The molecule has 0 spiro atoms. The first-order chi connectivity index (χ1) is 7.56. The van der Waals surface area contributed by atoms with E-state index in [2.05, 4.69) is 4.84 Å². The van der Waals surface area contributed by atoms with Crippen LogP contribution >= 0.6 is 0 Å². The molecule has 0 aliphatic heterocycles. The van der Waals surface area contributed by atoms with Crippen molar-refractivity contribution in [2.75, 3.05) is 6.54 Å². The minimum Gasteiger partial charge on any atom is -0.356 e. The highest BCUT2D eigenvalue weighted by atomic mass is 32.2. The summed E-state index contributed by atoms with van der Waals surface area (Å²) in [6, 6.07) is 7.59. The van der Waals surface area contributed by atoms with Crippen LogP contribution in [0.3, 0.4) is 0 Å². The molecule has 1 aromatic rings. The first-order valence-electron chi connectivity index (χ1n) is 4.53. The van der Waals surface area contributed by atoms with Crippen LogP contribution in [-0.4, -0.2) is 20.9 Å². The normalized spacial score (nSPS) is 11.1. The monoisotopic (exact) mass is 244 g/mol. The number of benzene rings is 1. The molecule has 1 aromatic carbocycles. The molecule has 16 heavy (non-hydrogen) atoms. The number of hydrogen-bond acceptors (Lipinski definition) is 5. The van der Waals surface area contributed by atoms with Crippen molar-refractivity contribution in [1.29, 1.82) is 0 Å². The topological polar surface area (TPSA) is 98.5 Å². The smallest absolute Gasteiger partial charge is 0.327 e. The molecule has 0 unspecified atom stereocenters. The van der Waals surface area contributed by atoms with Crippen LogP contribution in [0.5, 0.6) is 0 Å². The zero-order valence-electron chi connectivity index (χ0n) is 8.42. The van der Waals surface area contributed by atoms with E-state index < -0.39 is 16.0 Å². The van der Waals surface area contributed by atoms with Crippen molar-refractivity contribution in [3.63, 3.8) is 0 Å². The Morgan fingerprint density at radius 3 is 2.50 bits per heavy atom. The highest BCUT2D eigenvalue weighted by molar-refractivity contribution is 7.89. The third-order valence-corrected chi connectivity index (χ3v) is 2.86. The van der Waals surface area contributed by atoms with Crippen molar-refractivity contribution in [2.24, 2.45) is 5.73 Å². The Bertz CT molecular complexity index is 444. The molecule has 88 valence electrons. The summed E-state index contributed by atoms with van der Waals surface area (Å²) in [5, 5.41) is 0. The van der Waals surface area contributed by atoms with E-state index in [1.165, 1.54) is 12.1 Å². The molecule has 0 aliphatic carbocycles. The summed E-state index contributed by atoms with van der Waals surface area (Å²) in [6.07, 6.45) is -0.0443. The van der Waals surface area contributed by atoms with E-state index in [-0.39, 0.29) is 17.9 Å². The van der Waals surface area contributed by atoms with Gasteiger partial charge in [-0.25, -0.2) is 8.42 Å². The molecule has 0 amide bonds. The first kappa shape index (κ1) is 12.6. The number of nitrogens with two attached hydrogens (primary N) is 1. The van der Waals surface area contributed by atoms with Crippen LogP contribution in [-0.2, 0) is 19.7 Å². The molecule has 0 atom stereocenters. The van der Waals surface area contributed by atoms with E-state index in [0.29, 0.717) is 0 Å². The Morgan fingerprint density at radius 1 is 1.31 bits per heavy atom. The Morgan fingerprint density at radius 2 is 1.94 bits per heavy atom. The SMILES string of the molecule is NCCC(=O)ONS(=O)(=O)c1ccccc1. The zero-order chi connectivity index (χ0) is 12.0. The second kappa shape index (κ2) is 5.59. The lowest BCUT2D eigenvalue weighted by atomic mass is 10.4. The van der Waals surface area contributed by atoms with Crippen LogP contribution in [0.2, 0.25) is 0 Å². The van der Waals surface area contributed by atoms with Gasteiger partial charge in [-0.1, -0.05) is 18.2 Å². The van der Waals surface area contributed by atoms with Crippen molar-refractivity contribution in [2.45, 2.75) is 11.3 Å². The molecule has 3 N–H and O–H groups in total. The third-order valence-electron chi connectivity index (χ3n) is 1.67. The Kier molecular flexibility index (Phi) is 4.41. The fourth-order valence-corrected chi connectivity index (χ4v) is 1.73. The van der Waals surface area contributed by atoms with Gasteiger partial charge < -0.3 is 10.6 Å². The summed E-state index contributed by atoms with van der Waals surface area (Å²) in [7, 11) is -3.81. The van der Waals surface area contributed by atoms with Crippen LogP contribution < -0.4 is 10.6 Å². The lowest BCUT2D eigenvalue weighted by molar-refractivity contribution is -0.146. The van der Waals surface area contributed by atoms with Crippen LogP contribution in [0.1, 0.15) is 6.42 Å². The van der Waals surface area contributed by atoms with Gasteiger partial charge in [0.1, 0.15) is 0 Å². The van der Waals surface area contributed by atoms with Gasteiger partial charge in [-0.2, -0.15) is 0 Å². The minimum absolute atomic E-state index is 0.0237. The predicted octanol–water partition coefficient (Wildman–Crippen LogP) is -0.228. The molecule has 0 heterocycles. The molecule has 1 rings (SSSR count). The van der Waals surface area contributed by atoms with E-state index in [9.17, 15) is 13.2 Å². The van der Waals surface area contributed by atoms with Gasteiger partial charge in [0.15, 0.2) is 0 Å². The third kappa shape index (κ3) is 3.61. The first-order valence-corrected chi connectivity index (χ1v) is 6.01. The molecule has 6 nitrogen and oxygen atoms in total. The van der Waals surface area contributed by atoms with E-state index in [0.717, 1.165) is 0 Å². The molecule has 0 saturated heterocycles. The quantitative estimate of drug-likeness (QED) is 0.697. The molecule has 0 aromatic heterocycles. The molecule has 0 aliphatic rings. The van der Waals surface area contributed by atoms with Gasteiger partial charge in [0, 0.05) is 6.54 Å². The maximum absolute atomic E-state index is 11.5. The van der Waals surface area contributed by atoms with Crippen LogP contribution in [0.25, 0.3) is 0 Å². The van der Waals surface area contributed by atoms with E-state index in [1.807, 2.05) is 0 Å². The Labute approximate surface area is 93.4 Å². The predicted molar refractivity (Wildman–Crippen MR) is 56.5 cm³/mol. The number of nitrogens with one attached hydrogen (secondary N) is 1. The Hall–Kier alpha value is -1.44. The van der Waals surface area contributed by atoms with Gasteiger partial charge in [-0.05, 0) is 17.0 Å². The summed E-state index contributed by atoms with van der Waals surface area (Å²) in [5.74, 6) is -0.720. The van der Waals surface area contributed by atoms with Crippen LogP contribution in [0.15, 0.2) is 35.2 Å². The summed E-state index contributed by atoms with van der Waals surface area (Å²) in [6.45, 7) is 0.103. The second-order valence-corrected chi connectivity index (χ2v) is 4.56. The van der Waals surface area contributed by atoms with E-state index in [1.54, 1.807) is 23.1 Å². The van der Waals surface area contributed by atoms with Crippen LogP contribution in [0.4, 0.5) is 0 Å². The van der Waals surface area contributed by atoms with Crippen molar-refractivity contribution < 1.29 is 18.0 Å². The summed E-state index contributed by atoms with van der Waals surface area (Å²) in [5.41, 5.74) is 5.10. The van der Waals surface area contributed by atoms with E-state index >= 15 is 0 Å². The van der Waals surface area contributed by atoms with Gasteiger partial charge in [0.2, 0.25) is 0 Å². The van der Waals surface area contributed by atoms with Crippen molar-refractivity contribution in [3.8, 4) is 0 Å². The summed E-state index contributed by atoms with van der Waals surface area (Å²) in [4.78, 5) is 17.0. The average molecular weight is 244 g/mol. The molecule has 0 saturated carbocycles. The fourth-order valence-electron chi connectivity index (χ4n) is 0.918. The number of carbonyl (C=O) groups is 1. The standard InChI is InChI=1S/C9H12N2O4S/c10-7-6-9(12)15-11-16(13,14)8-4-2-1-3-5-8/h1-5,11H,6-7,10H2. The van der Waals surface area contributed by atoms with Gasteiger partial charge in [-0.3, -0.25) is 4.79 Å². The molecule has 0 radical (unpaired) electrons. The second-order valence-electron chi connectivity index (χ2n) is 2.91. The molecule has 0 fully saturated rings. The highest BCUT2D eigenvalue weighted by Gasteiger charge is 2.15. The zero-order valence-corrected chi connectivity index (χ0v) is 9.24. The summed E-state index contributed by atoms with van der Waals surface area (Å²) >= 11 is 0. The number of carbonyl (C=O) groups excluding carboxylic acids is 1. The lowest BCUT2D eigenvalue weighted by Crippen LogP contribution is -2.28. The van der Waals surface area contributed by atoms with Crippen molar-refractivity contribution in [3.05, 3.63) is 30.3 Å². The molecular formula is C9H12N2O4S. The van der Waals surface area contributed by atoms with Crippen molar-refractivity contribution >= 4 is 16.0 Å². The molecule has 7 heteroatoms. The van der Waals surface area contributed by atoms with Crippen molar-refractivity contribution in [1.82, 2.24) is 4.89 Å². The maximum Gasteiger partial charge on any atom is 0.327 e. The lowest BCUT2D eigenvalue weighted by Gasteiger charge is -2.05. The molecular weight excluding hydrogens is 232 g/mol. The van der Waals surface area contributed by atoms with Crippen LogP contribution in [0, 0.1) is 0 Å². The van der Waals surface area contributed by atoms with Gasteiger partial charge in [-0.15, -0.1) is 0 Å². The highest BCUT2D eigenvalue weighted by Crippen LogP contribution is 2.06. The minimum atomic E-state index is -3.81. The number of sulfonamides is 1. The fraction of sp³-hybridized carbons (Fsp3) is 0.222. The molecule has 0 bridgehead atoms. The van der Waals surface area contributed by atoms with Gasteiger partial charge in [0.05, 0.1) is 11.3 Å². The van der Waals surface area contributed by atoms with Gasteiger partial charge in [0.25, 0.3) is 10.0 Å². The maximum atomic E-state index is 11.5. The van der Waals surface area contributed by atoms with E-state index in [4.69, 9.17) is 5.73 Å². The Balaban J connectivity index is 2.64. The summed E-state index contributed by atoms with van der Waals surface area (Å²) < 4.78 is 23.0. The number of rotatable bonds is 5. The largest absolute Gasteiger partial charge is 0.356 e.